The lowest BCUT2D eigenvalue weighted by molar-refractivity contribution is 0.187. The second kappa shape index (κ2) is 3.85. The molecule has 78 valence electrons. The molecule has 2 aliphatic heterocycles. The van der Waals surface area contributed by atoms with Crippen LogP contribution in [0, 0.1) is 0 Å². The van der Waals surface area contributed by atoms with E-state index in [0.29, 0.717) is 0 Å². The van der Waals surface area contributed by atoms with Crippen molar-refractivity contribution in [1.82, 2.24) is 0 Å². The zero-order valence-electron chi connectivity index (χ0n) is 9.10. The monoisotopic (exact) mass is 198 g/mol. The summed E-state index contributed by atoms with van der Waals surface area (Å²) < 4.78 is 22.3. The number of rotatable bonds is 1. The van der Waals surface area contributed by atoms with Gasteiger partial charge in [0.15, 0.2) is 0 Å². The molecular weight excluding hydrogens is 182 g/mol. The van der Waals surface area contributed by atoms with E-state index in [1.165, 1.54) is 0 Å². The highest BCUT2D eigenvalue weighted by Gasteiger charge is 2.51. The van der Waals surface area contributed by atoms with Crippen molar-refractivity contribution in [2.45, 2.75) is 52.1 Å². The second-order valence-electron chi connectivity index (χ2n) is 4.10. The Hall–Kier alpha value is -0.0301. The molecule has 4 nitrogen and oxygen atoms in total. The molecule has 0 aliphatic carbocycles. The van der Waals surface area contributed by atoms with Crippen LogP contribution in [0.15, 0.2) is 0 Å². The van der Waals surface area contributed by atoms with Crippen LogP contribution < -0.4 is 0 Å². The van der Waals surface area contributed by atoms with Gasteiger partial charge in [0, 0.05) is 0 Å². The van der Waals surface area contributed by atoms with Crippen molar-refractivity contribution in [3.63, 3.8) is 0 Å². The molecule has 14 heavy (non-hydrogen) atoms. The van der Waals surface area contributed by atoms with E-state index in [-0.39, 0.29) is 38.4 Å². The zero-order chi connectivity index (χ0) is 10.3. The van der Waals surface area contributed by atoms with Gasteiger partial charge in [0.2, 0.25) is 0 Å². The summed E-state index contributed by atoms with van der Waals surface area (Å²) >= 11 is 0. The second-order valence-corrected chi connectivity index (χ2v) is 4.10. The fourth-order valence-corrected chi connectivity index (χ4v) is 1.61. The van der Waals surface area contributed by atoms with E-state index in [4.69, 9.17) is 18.6 Å². The van der Waals surface area contributed by atoms with E-state index in [0.717, 1.165) is 0 Å². The van der Waals surface area contributed by atoms with Crippen LogP contribution in [-0.4, -0.2) is 38.4 Å². The Morgan fingerprint density at radius 1 is 0.571 bits per heavy atom. The summed E-state index contributed by atoms with van der Waals surface area (Å²) in [7, 11) is -0.736. The van der Waals surface area contributed by atoms with Crippen molar-refractivity contribution in [3.05, 3.63) is 0 Å². The van der Waals surface area contributed by atoms with Crippen molar-refractivity contribution >= 4 is 14.0 Å². The molecule has 2 aliphatic rings. The maximum atomic E-state index is 5.58. The van der Waals surface area contributed by atoms with Gasteiger partial charge in [0.25, 0.3) is 0 Å². The van der Waals surface area contributed by atoms with E-state index in [1.54, 1.807) is 0 Å². The Morgan fingerprint density at radius 3 is 1.00 bits per heavy atom. The lowest BCUT2D eigenvalue weighted by Crippen LogP contribution is -2.39. The van der Waals surface area contributed by atoms with Gasteiger partial charge in [-0.3, -0.25) is 0 Å². The maximum absolute atomic E-state index is 5.58. The summed E-state index contributed by atoms with van der Waals surface area (Å²) in [6.07, 6.45) is 0.439. The van der Waals surface area contributed by atoms with E-state index in [1.807, 2.05) is 27.7 Å². The molecule has 0 amide bonds. The molecule has 0 saturated carbocycles. The standard InChI is InChI=1S/C8H16B2O4/c1-5-6(2)12-9(11-5)10-13-7(3)8(4)14-10/h5-8H,1-4H3/t5-,6-,7-,8-/m1/s1. The van der Waals surface area contributed by atoms with Gasteiger partial charge in [-0.15, -0.1) is 0 Å². The Balaban J connectivity index is 1.92. The lowest BCUT2D eigenvalue weighted by atomic mass is 9.49. The van der Waals surface area contributed by atoms with E-state index in [9.17, 15) is 0 Å². The molecule has 0 aromatic rings. The van der Waals surface area contributed by atoms with Crippen LogP contribution in [0.1, 0.15) is 27.7 Å². The molecule has 0 spiro atoms. The topological polar surface area (TPSA) is 36.9 Å². The van der Waals surface area contributed by atoms with Gasteiger partial charge >= 0.3 is 14.0 Å². The van der Waals surface area contributed by atoms with Crippen LogP contribution in [0.25, 0.3) is 0 Å². The molecule has 2 heterocycles. The quantitative estimate of drug-likeness (QED) is 0.580. The first kappa shape index (κ1) is 10.5. The van der Waals surface area contributed by atoms with Crippen molar-refractivity contribution in [2.75, 3.05) is 0 Å². The van der Waals surface area contributed by atoms with Gasteiger partial charge in [-0.05, 0) is 27.7 Å². The highest BCUT2D eigenvalue weighted by atomic mass is 16.7. The average Bonchev–Trinajstić information content (AvgIpc) is 2.60. The SMILES string of the molecule is C[C@H]1OB(B2O[C@H](C)[C@@H](C)O2)O[C@@H]1C. The van der Waals surface area contributed by atoms with Crippen molar-refractivity contribution in [2.24, 2.45) is 0 Å². The normalized spacial score (nSPS) is 43.7. The summed E-state index contributed by atoms with van der Waals surface area (Å²) in [4.78, 5) is 0. The summed E-state index contributed by atoms with van der Waals surface area (Å²) in [6, 6.07) is 0. The van der Waals surface area contributed by atoms with Crippen molar-refractivity contribution in [1.29, 1.82) is 0 Å². The van der Waals surface area contributed by atoms with Crippen molar-refractivity contribution in [3.8, 4) is 0 Å². The molecule has 0 bridgehead atoms. The van der Waals surface area contributed by atoms with Crippen LogP contribution in [0.2, 0.25) is 0 Å². The molecule has 6 heteroatoms. The largest absolute Gasteiger partial charge is 0.488 e. The first-order valence-electron chi connectivity index (χ1n) is 5.20. The maximum Gasteiger partial charge on any atom is 0.488 e. The highest BCUT2D eigenvalue weighted by Crippen LogP contribution is 2.24. The third-order valence-corrected chi connectivity index (χ3v) is 2.94. The van der Waals surface area contributed by atoms with Crippen LogP contribution in [-0.2, 0) is 18.6 Å². The van der Waals surface area contributed by atoms with Crippen LogP contribution in [0.3, 0.4) is 0 Å². The minimum absolute atomic E-state index is 0.110. The predicted molar refractivity (Wildman–Crippen MR) is 53.7 cm³/mol. The molecular formula is C8H16B2O4. The smallest absolute Gasteiger partial charge is 0.408 e. The minimum atomic E-state index is -0.368. The molecule has 4 atom stereocenters. The first-order chi connectivity index (χ1) is 6.58. The molecule has 2 rings (SSSR count). The van der Waals surface area contributed by atoms with E-state index in [2.05, 4.69) is 0 Å². The van der Waals surface area contributed by atoms with E-state index >= 15 is 0 Å². The number of hydrogen-bond donors (Lipinski definition) is 0. The molecule has 0 aromatic carbocycles. The predicted octanol–water partition coefficient (Wildman–Crippen LogP) is 0.689. The van der Waals surface area contributed by atoms with Gasteiger partial charge in [-0.1, -0.05) is 0 Å². The Bertz CT molecular complexity index is 174. The molecule has 0 aromatic heterocycles. The zero-order valence-corrected chi connectivity index (χ0v) is 9.10. The molecule has 0 radical (unpaired) electrons. The minimum Gasteiger partial charge on any atom is -0.408 e. The van der Waals surface area contributed by atoms with Crippen LogP contribution in [0.4, 0.5) is 0 Å². The Morgan fingerprint density at radius 2 is 0.786 bits per heavy atom. The molecule has 2 fully saturated rings. The Kier molecular flexibility index (Phi) is 2.88. The summed E-state index contributed by atoms with van der Waals surface area (Å²) in [5, 5.41) is 0. The third-order valence-electron chi connectivity index (χ3n) is 2.94. The summed E-state index contributed by atoms with van der Waals surface area (Å²) in [5.74, 6) is 0. The summed E-state index contributed by atoms with van der Waals surface area (Å²) in [6.45, 7) is 7.97. The molecule has 0 unspecified atom stereocenters. The van der Waals surface area contributed by atoms with Gasteiger partial charge < -0.3 is 18.6 Å². The van der Waals surface area contributed by atoms with Gasteiger partial charge in [-0.2, -0.15) is 0 Å². The third kappa shape index (κ3) is 1.84. The number of hydrogen-bond acceptors (Lipinski definition) is 4. The van der Waals surface area contributed by atoms with Crippen LogP contribution in [0.5, 0.6) is 0 Å². The fraction of sp³-hybridized carbons (Fsp3) is 1.00. The van der Waals surface area contributed by atoms with E-state index < -0.39 is 0 Å². The van der Waals surface area contributed by atoms with Gasteiger partial charge in [-0.25, -0.2) is 0 Å². The van der Waals surface area contributed by atoms with Gasteiger partial charge in [0.05, 0.1) is 24.4 Å². The summed E-state index contributed by atoms with van der Waals surface area (Å²) in [5.41, 5.74) is 0. The Labute approximate surface area is 85.5 Å². The molecule has 2 saturated heterocycles. The highest BCUT2D eigenvalue weighted by molar-refractivity contribution is 7.11. The van der Waals surface area contributed by atoms with Crippen LogP contribution >= 0.6 is 0 Å². The molecule has 0 N–H and O–H groups in total. The van der Waals surface area contributed by atoms with Gasteiger partial charge in [0.1, 0.15) is 0 Å². The first-order valence-corrected chi connectivity index (χ1v) is 5.20. The lowest BCUT2D eigenvalue weighted by Gasteiger charge is -2.07. The fourth-order valence-electron chi connectivity index (χ4n) is 1.61. The average molecular weight is 198 g/mol. The van der Waals surface area contributed by atoms with Crippen molar-refractivity contribution < 1.29 is 18.6 Å².